The molecule has 0 atom stereocenters. The number of nitrogens with two attached hydrogens (primary N) is 1. The van der Waals surface area contributed by atoms with Gasteiger partial charge in [0.2, 0.25) is 0 Å². The van der Waals surface area contributed by atoms with Crippen molar-refractivity contribution in [3.05, 3.63) is 59.7 Å². The summed E-state index contributed by atoms with van der Waals surface area (Å²) in [6.45, 7) is 0. The Morgan fingerprint density at radius 2 is 1.40 bits per heavy atom. The number of carbonyl (C=O) groups excluding carboxylic acids is 2. The normalized spacial score (nSPS) is 9.45. The van der Waals surface area contributed by atoms with E-state index in [9.17, 15) is 9.59 Å². The number of nitrogens with one attached hydrogen (secondary N) is 1. The monoisotopic (exact) mass is 310 g/mol. The molecule has 2 rings (SSSR count). The van der Waals surface area contributed by atoms with Gasteiger partial charge in [-0.15, -0.1) is 12.4 Å². The SMILES string of the molecule is Cl.Nc1ccc(C(=O)Nc2ccc(C(=O)Cl)cc2)cc1. The number of halogens is 2. The molecular weight excluding hydrogens is 299 g/mol. The molecule has 0 aliphatic heterocycles. The van der Waals surface area contributed by atoms with Crippen molar-refractivity contribution in [1.82, 2.24) is 0 Å². The second-order valence-electron chi connectivity index (χ2n) is 3.93. The molecule has 20 heavy (non-hydrogen) atoms. The third kappa shape index (κ3) is 3.98. The lowest BCUT2D eigenvalue weighted by atomic mass is 10.2. The lowest BCUT2D eigenvalue weighted by Crippen LogP contribution is -2.11. The maximum absolute atomic E-state index is 11.9. The molecule has 0 unspecified atom stereocenters. The number of hydrogen-bond acceptors (Lipinski definition) is 3. The van der Waals surface area contributed by atoms with E-state index in [1.807, 2.05) is 0 Å². The summed E-state index contributed by atoms with van der Waals surface area (Å²) in [7, 11) is 0. The second kappa shape index (κ2) is 6.93. The Morgan fingerprint density at radius 3 is 1.90 bits per heavy atom. The zero-order valence-corrected chi connectivity index (χ0v) is 11.9. The molecule has 104 valence electrons. The lowest BCUT2D eigenvalue weighted by molar-refractivity contribution is 0.102. The van der Waals surface area contributed by atoms with Gasteiger partial charge in [0.1, 0.15) is 0 Å². The molecule has 3 N–H and O–H groups in total. The number of hydrogen-bond donors (Lipinski definition) is 2. The summed E-state index contributed by atoms with van der Waals surface area (Å²) in [5.41, 5.74) is 7.62. The van der Waals surface area contributed by atoms with Gasteiger partial charge in [-0.1, -0.05) is 0 Å². The Labute approximate surface area is 127 Å². The van der Waals surface area contributed by atoms with Crippen LogP contribution >= 0.6 is 24.0 Å². The lowest BCUT2D eigenvalue weighted by Gasteiger charge is -2.05. The van der Waals surface area contributed by atoms with Crippen LogP contribution in [-0.4, -0.2) is 11.1 Å². The first-order chi connectivity index (χ1) is 9.06. The van der Waals surface area contributed by atoms with E-state index in [0.717, 1.165) is 0 Å². The third-order valence-electron chi connectivity index (χ3n) is 2.54. The molecule has 0 aliphatic carbocycles. The van der Waals surface area contributed by atoms with Gasteiger partial charge >= 0.3 is 0 Å². The van der Waals surface area contributed by atoms with Crippen LogP contribution < -0.4 is 11.1 Å². The number of nitrogen functional groups attached to an aromatic ring is 1. The van der Waals surface area contributed by atoms with Gasteiger partial charge < -0.3 is 11.1 Å². The maximum atomic E-state index is 11.9. The van der Waals surface area contributed by atoms with Crippen molar-refractivity contribution in [1.29, 1.82) is 0 Å². The van der Waals surface area contributed by atoms with Crippen LogP contribution in [0, 0.1) is 0 Å². The minimum absolute atomic E-state index is 0. The molecule has 2 aromatic carbocycles. The van der Waals surface area contributed by atoms with Crippen molar-refractivity contribution in [2.45, 2.75) is 0 Å². The summed E-state index contributed by atoms with van der Waals surface area (Å²) in [6, 6.07) is 12.9. The van der Waals surface area contributed by atoms with Crippen LogP contribution in [0.1, 0.15) is 20.7 Å². The first-order valence-corrected chi connectivity index (χ1v) is 5.91. The van der Waals surface area contributed by atoms with Crippen LogP contribution in [0.3, 0.4) is 0 Å². The van der Waals surface area contributed by atoms with Gasteiger partial charge in [0.15, 0.2) is 0 Å². The molecular formula is C14H12Cl2N2O2. The standard InChI is InChI=1S/C14H11ClN2O2.ClH/c15-13(18)9-3-7-12(8-4-9)17-14(19)10-1-5-11(16)6-2-10;/h1-8H,16H2,(H,17,19);1H. The zero-order valence-electron chi connectivity index (χ0n) is 10.3. The minimum atomic E-state index is -0.531. The Hall–Kier alpha value is -2.04. The summed E-state index contributed by atoms with van der Waals surface area (Å²) in [6.07, 6.45) is 0. The van der Waals surface area contributed by atoms with E-state index >= 15 is 0 Å². The second-order valence-corrected chi connectivity index (χ2v) is 4.27. The average molecular weight is 311 g/mol. The number of carbonyl (C=O) groups is 2. The molecule has 0 saturated carbocycles. The fraction of sp³-hybridized carbons (Fsp3) is 0. The molecule has 0 bridgehead atoms. The number of rotatable bonds is 3. The molecule has 0 aliphatic rings. The van der Waals surface area contributed by atoms with Gasteiger partial charge in [-0.05, 0) is 60.1 Å². The Kier molecular flexibility index (Phi) is 5.55. The van der Waals surface area contributed by atoms with E-state index in [1.165, 1.54) is 0 Å². The highest BCUT2D eigenvalue weighted by Crippen LogP contribution is 2.13. The Bertz CT molecular complexity index is 610. The van der Waals surface area contributed by atoms with Gasteiger partial charge in [0.05, 0.1) is 0 Å². The minimum Gasteiger partial charge on any atom is -0.399 e. The van der Waals surface area contributed by atoms with Crippen molar-refractivity contribution >= 4 is 46.5 Å². The van der Waals surface area contributed by atoms with Gasteiger partial charge in [-0.3, -0.25) is 9.59 Å². The van der Waals surface area contributed by atoms with Crippen molar-refractivity contribution in [2.24, 2.45) is 0 Å². The third-order valence-corrected chi connectivity index (χ3v) is 2.76. The first-order valence-electron chi connectivity index (χ1n) is 5.53. The van der Waals surface area contributed by atoms with Gasteiger partial charge in [0, 0.05) is 22.5 Å². The van der Waals surface area contributed by atoms with Crippen LogP contribution in [0.4, 0.5) is 11.4 Å². The molecule has 0 saturated heterocycles. The fourth-order valence-corrected chi connectivity index (χ4v) is 1.65. The van der Waals surface area contributed by atoms with E-state index in [-0.39, 0.29) is 18.3 Å². The molecule has 2 aromatic rings. The highest BCUT2D eigenvalue weighted by Gasteiger charge is 2.06. The van der Waals surface area contributed by atoms with Crippen molar-refractivity contribution < 1.29 is 9.59 Å². The average Bonchev–Trinajstić information content (AvgIpc) is 2.40. The van der Waals surface area contributed by atoms with E-state index in [4.69, 9.17) is 17.3 Å². The summed E-state index contributed by atoms with van der Waals surface area (Å²) < 4.78 is 0. The van der Waals surface area contributed by atoms with E-state index in [0.29, 0.717) is 22.5 Å². The molecule has 0 spiro atoms. The van der Waals surface area contributed by atoms with Crippen molar-refractivity contribution in [3.63, 3.8) is 0 Å². The van der Waals surface area contributed by atoms with Gasteiger partial charge in [-0.25, -0.2) is 0 Å². The van der Waals surface area contributed by atoms with E-state index in [1.54, 1.807) is 48.5 Å². The molecule has 0 fully saturated rings. The number of anilines is 2. The first kappa shape index (κ1) is 16.0. The smallest absolute Gasteiger partial charge is 0.255 e. The molecule has 1 amide bonds. The number of amides is 1. The summed E-state index contributed by atoms with van der Waals surface area (Å²) in [5, 5.41) is 2.18. The molecule has 6 heteroatoms. The van der Waals surface area contributed by atoms with Crippen LogP contribution in [-0.2, 0) is 0 Å². The molecule has 0 heterocycles. The summed E-state index contributed by atoms with van der Waals surface area (Å²) in [5.74, 6) is -0.245. The molecule has 0 radical (unpaired) electrons. The van der Waals surface area contributed by atoms with Gasteiger partial charge in [-0.2, -0.15) is 0 Å². The molecule has 0 aromatic heterocycles. The zero-order chi connectivity index (χ0) is 13.8. The van der Waals surface area contributed by atoms with E-state index < -0.39 is 5.24 Å². The van der Waals surface area contributed by atoms with E-state index in [2.05, 4.69) is 5.32 Å². The van der Waals surface area contributed by atoms with Crippen LogP contribution in [0.5, 0.6) is 0 Å². The Morgan fingerprint density at radius 1 is 0.900 bits per heavy atom. The van der Waals surface area contributed by atoms with Crippen LogP contribution in [0.15, 0.2) is 48.5 Å². The number of benzene rings is 2. The highest BCUT2D eigenvalue weighted by atomic mass is 35.5. The summed E-state index contributed by atoms with van der Waals surface area (Å²) >= 11 is 5.33. The molecule has 4 nitrogen and oxygen atoms in total. The van der Waals surface area contributed by atoms with Crippen molar-refractivity contribution in [3.8, 4) is 0 Å². The van der Waals surface area contributed by atoms with Crippen molar-refractivity contribution in [2.75, 3.05) is 11.1 Å². The largest absolute Gasteiger partial charge is 0.399 e. The van der Waals surface area contributed by atoms with Crippen LogP contribution in [0.2, 0.25) is 0 Å². The predicted molar refractivity (Wildman–Crippen MR) is 82.7 cm³/mol. The maximum Gasteiger partial charge on any atom is 0.255 e. The van der Waals surface area contributed by atoms with Gasteiger partial charge in [0.25, 0.3) is 11.1 Å². The Balaban J connectivity index is 0.00000200. The summed E-state index contributed by atoms with van der Waals surface area (Å²) in [4.78, 5) is 22.8. The highest BCUT2D eigenvalue weighted by molar-refractivity contribution is 6.67. The predicted octanol–water partition coefficient (Wildman–Crippen LogP) is 3.32. The van der Waals surface area contributed by atoms with Crippen LogP contribution in [0.25, 0.3) is 0 Å². The fourth-order valence-electron chi connectivity index (χ4n) is 1.52. The topological polar surface area (TPSA) is 72.2 Å². The quantitative estimate of drug-likeness (QED) is 0.674.